The van der Waals surface area contributed by atoms with E-state index in [0.29, 0.717) is 36.2 Å². The standard InChI is InChI=1S/C13H17N5O2.2C2H6/c1-2-10(19)14-7-4-8-16-12-11-9(5-3-6-15-11)13(20)18-17-12;2*1-2/h3,5-6H,2,4,7-8H2,1H3,(H,14,19)(H,16,17)(H,18,20);2*1-2H3. The number of carbonyl (C=O) groups excluding carboxylic acids is 1. The van der Waals surface area contributed by atoms with Crippen LogP contribution >= 0.6 is 0 Å². The van der Waals surface area contributed by atoms with Crippen molar-refractivity contribution in [3.05, 3.63) is 28.7 Å². The van der Waals surface area contributed by atoms with Crippen molar-refractivity contribution in [2.75, 3.05) is 18.4 Å². The summed E-state index contributed by atoms with van der Waals surface area (Å²) in [6.07, 6.45) is 2.88. The van der Waals surface area contributed by atoms with E-state index in [1.54, 1.807) is 18.3 Å². The topological polar surface area (TPSA) is 99.8 Å². The molecule has 0 bridgehead atoms. The average molecular weight is 335 g/mol. The number of aromatic nitrogens is 3. The number of pyridine rings is 1. The molecular formula is C17H29N5O2. The van der Waals surface area contributed by atoms with E-state index in [2.05, 4.69) is 25.8 Å². The molecule has 0 atom stereocenters. The lowest BCUT2D eigenvalue weighted by molar-refractivity contribution is -0.120. The summed E-state index contributed by atoms with van der Waals surface area (Å²) >= 11 is 0. The molecule has 24 heavy (non-hydrogen) atoms. The highest BCUT2D eigenvalue weighted by molar-refractivity contribution is 5.86. The first-order chi connectivity index (χ1) is 11.7. The molecule has 2 heterocycles. The minimum Gasteiger partial charge on any atom is -0.367 e. The molecule has 0 unspecified atom stereocenters. The number of H-pyrrole nitrogens is 1. The van der Waals surface area contributed by atoms with Gasteiger partial charge in [-0.3, -0.25) is 14.6 Å². The predicted molar refractivity (Wildman–Crippen MR) is 99.3 cm³/mol. The average Bonchev–Trinajstić information content (AvgIpc) is 2.66. The van der Waals surface area contributed by atoms with Crippen LogP contribution in [0.2, 0.25) is 0 Å². The maximum Gasteiger partial charge on any atom is 0.273 e. The van der Waals surface area contributed by atoms with Crippen LogP contribution in [-0.4, -0.2) is 34.2 Å². The van der Waals surface area contributed by atoms with Crippen LogP contribution in [-0.2, 0) is 4.79 Å². The van der Waals surface area contributed by atoms with Gasteiger partial charge in [0.25, 0.3) is 5.56 Å². The van der Waals surface area contributed by atoms with Gasteiger partial charge in [0, 0.05) is 25.7 Å². The summed E-state index contributed by atoms with van der Waals surface area (Å²) in [5, 5.41) is 12.8. The zero-order valence-electron chi connectivity index (χ0n) is 15.3. The van der Waals surface area contributed by atoms with Gasteiger partial charge in [0.15, 0.2) is 5.82 Å². The van der Waals surface area contributed by atoms with Gasteiger partial charge in [-0.15, -0.1) is 0 Å². The smallest absolute Gasteiger partial charge is 0.273 e. The summed E-state index contributed by atoms with van der Waals surface area (Å²) in [6.45, 7) is 11.1. The van der Waals surface area contributed by atoms with E-state index in [9.17, 15) is 9.59 Å². The number of nitrogens with zero attached hydrogens (tertiary/aromatic N) is 2. The second-order valence-electron chi connectivity index (χ2n) is 4.28. The van der Waals surface area contributed by atoms with Crippen LogP contribution in [0.4, 0.5) is 5.82 Å². The maximum absolute atomic E-state index is 11.6. The number of hydrogen-bond acceptors (Lipinski definition) is 5. The van der Waals surface area contributed by atoms with Gasteiger partial charge in [0.05, 0.1) is 5.39 Å². The first kappa shape index (κ1) is 21.6. The Kier molecular flexibility index (Phi) is 11.7. The molecule has 2 aromatic heterocycles. The van der Waals surface area contributed by atoms with Gasteiger partial charge >= 0.3 is 0 Å². The summed E-state index contributed by atoms with van der Waals surface area (Å²) < 4.78 is 0. The quantitative estimate of drug-likeness (QED) is 0.705. The Bertz CT molecular complexity index is 655. The first-order valence-electron chi connectivity index (χ1n) is 8.56. The molecule has 0 aliphatic heterocycles. The molecule has 0 saturated carbocycles. The van der Waals surface area contributed by atoms with Gasteiger partial charge in [0.2, 0.25) is 5.91 Å². The molecule has 3 N–H and O–H groups in total. The lowest BCUT2D eigenvalue weighted by atomic mass is 10.3. The Labute approximate surface area is 143 Å². The van der Waals surface area contributed by atoms with Crippen molar-refractivity contribution in [1.82, 2.24) is 20.5 Å². The molecule has 0 aliphatic carbocycles. The molecular weight excluding hydrogens is 306 g/mol. The number of fused-ring (bicyclic) bond motifs is 1. The molecule has 7 heteroatoms. The highest BCUT2D eigenvalue weighted by atomic mass is 16.1. The van der Waals surface area contributed by atoms with Crippen molar-refractivity contribution in [2.45, 2.75) is 47.5 Å². The minimum atomic E-state index is -0.256. The molecule has 0 radical (unpaired) electrons. The maximum atomic E-state index is 11.6. The molecule has 7 nitrogen and oxygen atoms in total. The second-order valence-corrected chi connectivity index (χ2v) is 4.28. The van der Waals surface area contributed by atoms with E-state index in [0.717, 1.165) is 6.42 Å². The molecule has 2 rings (SSSR count). The van der Waals surface area contributed by atoms with Gasteiger partial charge < -0.3 is 10.6 Å². The third kappa shape index (κ3) is 6.76. The molecule has 0 spiro atoms. The Morgan fingerprint density at radius 1 is 1.21 bits per heavy atom. The lowest BCUT2D eigenvalue weighted by Gasteiger charge is -2.07. The highest BCUT2D eigenvalue weighted by Gasteiger charge is 2.06. The van der Waals surface area contributed by atoms with Crippen LogP contribution in [0, 0.1) is 0 Å². The zero-order chi connectivity index (χ0) is 18.4. The molecule has 0 aliphatic rings. The van der Waals surface area contributed by atoms with Crippen LogP contribution in [0.1, 0.15) is 47.5 Å². The largest absolute Gasteiger partial charge is 0.367 e. The van der Waals surface area contributed by atoms with Gasteiger partial charge in [-0.1, -0.05) is 34.6 Å². The number of rotatable bonds is 6. The van der Waals surface area contributed by atoms with Crippen LogP contribution in [0.25, 0.3) is 10.9 Å². The summed E-state index contributed by atoms with van der Waals surface area (Å²) in [4.78, 5) is 26.8. The molecule has 134 valence electrons. The molecule has 0 aromatic carbocycles. The fourth-order valence-electron chi connectivity index (χ4n) is 1.77. The Balaban J connectivity index is 0.00000123. The number of carbonyl (C=O) groups is 1. The summed E-state index contributed by atoms with van der Waals surface area (Å²) in [5.74, 6) is 0.585. The minimum absolute atomic E-state index is 0.0410. The molecule has 1 amide bonds. The summed E-state index contributed by atoms with van der Waals surface area (Å²) in [5.41, 5.74) is 0.294. The van der Waals surface area contributed by atoms with Crippen molar-refractivity contribution in [2.24, 2.45) is 0 Å². The van der Waals surface area contributed by atoms with Crippen LogP contribution < -0.4 is 16.2 Å². The normalized spacial score (nSPS) is 9.21. The van der Waals surface area contributed by atoms with Crippen LogP contribution in [0.5, 0.6) is 0 Å². The van der Waals surface area contributed by atoms with E-state index < -0.39 is 0 Å². The van der Waals surface area contributed by atoms with Crippen molar-refractivity contribution >= 4 is 22.6 Å². The van der Waals surface area contributed by atoms with E-state index in [1.807, 2.05) is 34.6 Å². The third-order valence-corrected chi connectivity index (χ3v) is 2.84. The number of aromatic amines is 1. The van der Waals surface area contributed by atoms with Crippen LogP contribution in [0.3, 0.4) is 0 Å². The third-order valence-electron chi connectivity index (χ3n) is 2.84. The molecule has 2 aromatic rings. The second kappa shape index (κ2) is 13.0. The SMILES string of the molecule is CC.CC.CCC(=O)NCCCNc1n[nH]c(=O)c2cccnc12. The van der Waals surface area contributed by atoms with Crippen molar-refractivity contribution < 1.29 is 4.79 Å². The van der Waals surface area contributed by atoms with Gasteiger partial charge in [-0.2, -0.15) is 5.10 Å². The van der Waals surface area contributed by atoms with Crippen molar-refractivity contribution in [3.63, 3.8) is 0 Å². The molecule has 0 fully saturated rings. The van der Waals surface area contributed by atoms with Gasteiger partial charge in [-0.05, 0) is 18.6 Å². The fraction of sp³-hybridized carbons (Fsp3) is 0.529. The van der Waals surface area contributed by atoms with Crippen molar-refractivity contribution in [3.8, 4) is 0 Å². The number of nitrogens with one attached hydrogen (secondary N) is 3. The van der Waals surface area contributed by atoms with E-state index >= 15 is 0 Å². The van der Waals surface area contributed by atoms with Gasteiger partial charge in [0.1, 0.15) is 5.52 Å². The zero-order valence-corrected chi connectivity index (χ0v) is 15.3. The first-order valence-corrected chi connectivity index (χ1v) is 8.56. The summed E-state index contributed by atoms with van der Waals surface area (Å²) in [6, 6.07) is 3.41. The monoisotopic (exact) mass is 335 g/mol. The number of anilines is 1. The fourth-order valence-corrected chi connectivity index (χ4v) is 1.77. The Morgan fingerprint density at radius 3 is 2.58 bits per heavy atom. The number of amides is 1. The predicted octanol–water partition coefficient (Wildman–Crippen LogP) is 2.70. The molecule has 0 saturated heterocycles. The van der Waals surface area contributed by atoms with Crippen molar-refractivity contribution in [1.29, 1.82) is 0 Å². The Morgan fingerprint density at radius 2 is 1.92 bits per heavy atom. The highest BCUT2D eigenvalue weighted by Crippen LogP contribution is 2.13. The van der Waals surface area contributed by atoms with E-state index in [1.165, 1.54) is 0 Å². The van der Waals surface area contributed by atoms with Crippen LogP contribution in [0.15, 0.2) is 23.1 Å². The summed E-state index contributed by atoms with van der Waals surface area (Å²) in [7, 11) is 0. The van der Waals surface area contributed by atoms with Gasteiger partial charge in [-0.25, -0.2) is 5.10 Å². The Hall–Kier alpha value is -2.44. The number of hydrogen-bond donors (Lipinski definition) is 3. The lowest BCUT2D eigenvalue weighted by Crippen LogP contribution is -2.25. The van der Waals surface area contributed by atoms with E-state index in [4.69, 9.17) is 0 Å². The van der Waals surface area contributed by atoms with E-state index in [-0.39, 0.29) is 11.5 Å².